The number of hydrogen-bond acceptors (Lipinski definition) is 1. The monoisotopic (exact) mass is 182 g/mol. The van der Waals surface area contributed by atoms with Crippen molar-refractivity contribution in [1.29, 1.82) is 0 Å². The van der Waals surface area contributed by atoms with Crippen LogP contribution in [0.3, 0.4) is 0 Å². The van der Waals surface area contributed by atoms with Crippen molar-refractivity contribution in [3.63, 3.8) is 0 Å². The molecule has 1 N–H and O–H groups in total. The van der Waals surface area contributed by atoms with Crippen molar-refractivity contribution in [3.8, 4) is 11.8 Å². The molecule has 13 heavy (non-hydrogen) atoms. The van der Waals surface area contributed by atoms with E-state index in [0.717, 1.165) is 12.8 Å². The molecule has 0 aromatic carbocycles. The molecule has 1 heteroatoms. The van der Waals surface area contributed by atoms with Gasteiger partial charge in [-0.05, 0) is 33.6 Å². The van der Waals surface area contributed by atoms with Crippen molar-refractivity contribution in [3.05, 3.63) is 0 Å². The summed E-state index contributed by atoms with van der Waals surface area (Å²) in [5.74, 6) is 6.09. The second kappa shape index (κ2) is 4.67. The molecule has 0 rings (SSSR count). The normalized spacial score (nSPS) is 15.8. The minimum absolute atomic E-state index is 0.0170. The quantitative estimate of drug-likeness (QED) is 0.665. The third kappa shape index (κ3) is 5.71. The molecule has 0 saturated carbocycles. The molecule has 0 saturated heterocycles. The molecule has 0 aromatic rings. The van der Waals surface area contributed by atoms with E-state index in [4.69, 9.17) is 0 Å². The maximum absolute atomic E-state index is 10.0. The summed E-state index contributed by atoms with van der Waals surface area (Å²) < 4.78 is 0. The van der Waals surface area contributed by atoms with Crippen LogP contribution in [0.1, 0.15) is 53.9 Å². The van der Waals surface area contributed by atoms with Gasteiger partial charge in [-0.3, -0.25) is 0 Å². The minimum atomic E-state index is -0.762. The van der Waals surface area contributed by atoms with Crippen LogP contribution < -0.4 is 0 Å². The Kier molecular flexibility index (Phi) is 4.50. The maximum atomic E-state index is 10.0. The van der Waals surface area contributed by atoms with Gasteiger partial charge in [0.2, 0.25) is 0 Å². The van der Waals surface area contributed by atoms with Crippen LogP contribution in [0.5, 0.6) is 0 Å². The average molecular weight is 182 g/mol. The van der Waals surface area contributed by atoms with E-state index in [1.165, 1.54) is 0 Å². The van der Waals surface area contributed by atoms with Crippen LogP contribution in [0, 0.1) is 17.3 Å². The van der Waals surface area contributed by atoms with Crippen LogP contribution in [-0.2, 0) is 0 Å². The van der Waals surface area contributed by atoms with Gasteiger partial charge < -0.3 is 5.11 Å². The lowest BCUT2D eigenvalue weighted by Crippen LogP contribution is -2.25. The first kappa shape index (κ1) is 12.5. The molecule has 1 nitrogen and oxygen atoms in total. The molecule has 0 aromatic heterocycles. The smallest absolute Gasteiger partial charge is 0.125 e. The van der Waals surface area contributed by atoms with Crippen LogP contribution in [0.15, 0.2) is 0 Å². The molecule has 0 fully saturated rings. The zero-order valence-electron chi connectivity index (χ0n) is 9.57. The standard InChI is InChI=1S/C12H22O/c1-6-8-12(13,7-2)10-9-11(3,4)5/h13H,6-8H2,1-5H3. The van der Waals surface area contributed by atoms with E-state index < -0.39 is 5.60 Å². The SMILES string of the molecule is CCCC(O)(C#CC(C)(C)C)CC. The second-order valence-electron chi connectivity index (χ2n) is 4.64. The molecule has 1 atom stereocenters. The Morgan fingerprint density at radius 1 is 1.08 bits per heavy atom. The van der Waals surface area contributed by atoms with Gasteiger partial charge >= 0.3 is 0 Å². The fourth-order valence-corrected chi connectivity index (χ4v) is 1.05. The van der Waals surface area contributed by atoms with Crippen LogP contribution in [0.25, 0.3) is 0 Å². The highest BCUT2D eigenvalue weighted by Gasteiger charge is 2.20. The topological polar surface area (TPSA) is 20.2 Å². The lowest BCUT2D eigenvalue weighted by atomic mass is 9.91. The Hall–Kier alpha value is -0.480. The summed E-state index contributed by atoms with van der Waals surface area (Å²) in [6, 6.07) is 0. The summed E-state index contributed by atoms with van der Waals surface area (Å²) in [5.41, 5.74) is -0.779. The van der Waals surface area contributed by atoms with E-state index in [1.54, 1.807) is 0 Å². The largest absolute Gasteiger partial charge is 0.378 e. The summed E-state index contributed by atoms with van der Waals surface area (Å²) in [6.07, 6.45) is 2.46. The van der Waals surface area contributed by atoms with Crippen LogP contribution in [0.2, 0.25) is 0 Å². The Morgan fingerprint density at radius 3 is 1.92 bits per heavy atom. The lowest BCUT2D eigenvalue weighted by molar-refractivity contribution is 0.0864. The molecule has 0 aliphatic heterocycles. The van der Waals surface area contributed by atoms with Crippen LogP contribution in [0.4, 0.5) is 0 Å². The first-order valence-electron chi connectivity index (χ1n) is 5.09. The van der Waals surface area contributed by atoms with E-state index >= 15 is 0 Å². The summed E-state index contributed by atoms with van der Waals surface area (Å²) in [4.78, 5) is 0. The highest BCUT2D eigenvalue weighted by atomic mass is 16.3. The Labute approximate surface area is 82.5 Å². The van der Waals surface area contributed by atoms with Crippen LogP contribution in [-0.4, -0.2) is 10.7 Å². The van der Waals surface area contributed by atoms with Gasteiger partial charge in [-0.15, -0.1) is 0 Å². The van der Waals surface area contributed by atoms with Crippen molar-refractivity contribution < 1.29 is 5.11 Å². The Morgan fingerprint density at radius 2 is 1.62 bits per heavy atom. The van der Waals surface area contributed by atoms with Gasteiger partial charge in [0.05, 0.1) is 0 Å². The highest BCUT2D eigenvalue weighted by Crippen LogP contribution is 2.18. The highest BCUT2D eigenvalue weighted by molar-refractivity contribution is 5.17. The first-order chi connectivity index (χ1) is 5.83. The van der Waals surface area contributed by atoms with Crippen molar-refractivity contribution in [1.82, 2.24) is 0 Å². The van der Waals surface area contributed by atoms with E-state index in [0.29, 0.717) is 6.42 Å². The second-order valence-corrected chi connectivity index (χ2v) is 4.64. The molecule has 0 aliphatic rings. The first-order valence-corrected chi connectivity index (χ1v) is 5.09. The van der Waals surface area contributed by atoms with Gasteiger partial charge in [-0.1, -0.05) is 32.1 Å². The van der Waals surface area contributed by atoms with Gasteiger partial charge in [0, 0.05) is 5.41 Å². The minimum Gasteiger partial charge on any atom is -0.378 e. The summed E-state index contributed by atoms with van der Waals surface area (Å²) >= 11 is 0. The van der Waals surface area contributed by atoms with Gasteiger partial charge in [0.15, 0.2) is 0 Å². The number of rotatable bonds is 3. The lowest BCUT2D eigenvalue weighted by Gasteiger charge is -2.20. The zero-order valence-corrected chi connectivity index (χ0v) is 9.57. The molecule has 0 heterocycles. The molecule has 0 bridgehead atoms. The van der Waals surface area contributed by atoms with E-state index in [1.807, 2.05) is 6.92 Å². The molecule has 0 aliphatic carbocycles. The summed E-state index contributed by atoms with van der Waals surface area (Å²) in [5, 5.41) is 10.0. The van der Waals surface area contributed by atoms with Gasteiger partial charge in [0.1, 0.15) is 5.60 Å². The van der Waals surface area contributed by atoms with Crippen molar-refractivity contribution in [2.75, 3.05) is 0 Å². The average Bonchev–Trinajstić information content (AvgIpc) is 2.01. The zero-order chi connectivity index (χ0) is 10.5. The molecule has 0 radical (unpaired) electrons. The van der Waals surface area contributed by atoms with E-state index in [9.17, 15) is 5.11 Å². The molecule has 0 amide bonds. The maximum Gasteiger partial charge on any atom is 0.125 e. The molecule has 1 unspecified atom stereocenters. The van der Waals surface area contributed by atoms with Crippen molar-refractivity contribution in [2.45, 2.75) is 59.5 Å². The summed E-state index contributed by atoms with van der Waals surface area (Å²) in [6.45, 7) is 10.2. The third-order valence-electron chi connectivity index (χ3n) is 1.92. The molecular formula is C12H22O. The molecule has 0 spiro atoms. The fraction of sp³-hybridized carbons (Fsp3) is 0.833. The third-order valence-corrected chi connectivity index (χ3v) is 1.92. The fourth-order valence-electron chi connectivity index (χ4n) is 1.05. The Bertz CT molecular complexity index is 201. The number of aliphatic hydroxyl groups is 1. The van der Waals surface area contributed by atoms with Gasteiger partial charge in [-0.25, -0.2) is 0 Å². The Balaban J connectivity index is 4.48. The molecule has 76 valence electrons. The summed E-state index contributed by atoms with van der Waals surface area (Å²) in [7, 11) is 0. The van der Waals surface area contributed by atoms with Gasteiger partial charge in [-0.2, -0.15) is 0 Å². The van der Waals surface area contributed by atoms with E-state index in [2.05, 4.69) is 39.5 Å². The van der Waals surface area contributed by atoms with Gasteiger partial charge in [0.25, 0.3) is 0 Å². The van der Waals surface area contributed by atoms with Crippen molar-refractivity contribution in [2.24, 2.45) is 5.41 Å². The van der Waals surface area contributed by atoms with E-state index in [-0.39, 0.29) is 5.41 Å². The van der Waals surface area contributed by atoms with Crippen LogP contribution >= 0.6 is 0 Å². The van der Waals surface area contributed by atoms with Crippen molar-refractivity contribution >= 4 is 0 Å². The number of hydrogen-bond donors (Lipinski definition) is 1. The predicted octanol–water partition coefficient (Wildman–Crippen LogP) is 2.98. The predicted molar refractivity (Wildman–Crippen MR) is 57.4 cm³/mol. The molecular weight excluding hydrogens is 160 g/mol.